The Labute approximate surface area is 99.3 Å². The highest BCUT2D eigenvalue weighted by molar-refractivity contribution is 5.11. The van der Waals surface area contributed by atoms with Crippen LogP contribution in [0.3, 0.4) is 0 Å². The van der Waals surface area contributed by atoms with E-state index in [1.165, 1.54) is 5.57 Å². The van der Waals surface area contributed by atoms with Gasteiger partial charge in [0.1, 0.15) is 6.10 Å². The summed E-state index contributed by atoms with van der Waals surface area (Å²) < 4.78 is 0. The maximum Gasteiger partial charge on any atom is 0.114 e. The van der Waals surface area contributed by atoms with E-state index in [2.05, 4.69) is 20.1 Å². The monoisotopic (exact) mass is 224 g/mol. The van der Waals surface area contributed by atoms with Crippen LogP contribution in [0.2, 0.25) is 0 Å². The second-order valence-corrected chi connectivity index (χ2v) is 5.76. The van der Waals surface area contributed by atoms with Gasteiger partial charge in [0.15, 0.2) is 0 Å². The molecule has 1 saturated carbocycles. The van der Waals surface area contributed by atoms with Crippen LogP contribution in [0.5, 0.6) is 0 Å². The summed E-state index contributed by atoms with van der Waals surface area (Å²) in [4.78, 5) is 10.9. The lowest BCUT2D eigenvalue weighted by atomic mass is 9.81. The van der Waals surface area contributed by atoms with Gasteiger partial charge in [0, 0.05) is 0 Å². The minimum atomic E-state index is -0.267. The first-order valence-corrected chi connectivity index (χ1v) is 5.97. The second-order valence-electron chi connectivity index (χ2n) is 5.76. The second kappa shape index (κ2) is 5.15. The third kappa shape index (κ3) is 4.11. The Morgan fingerprint density at radius 2 is 2.00 bits per heavy atom. The molecule has 0 radical (unpaired) electrons. The van der Waals surface area contributed by atoms with Gasteiger partial charge in [0.25, 0.3) is 0 Å². The lowest BCUT2D eigenvalue weighted by Gasteiger charge is -2.32. The van der Waals surface area contributed by atoms with Gasteiger partial charge in [-0.05, 0) is 58.4 Å². The van der Waals surface area contributed by atoms with Crippen molar-refractivity contribution in [3.63, 3.8) is 0 Å². The highest BCUT2D eigenvalue weighted by atomic mass is 17.2. The zero-order chi connectivity index (χ0) is 12.3. The van der Waals surface area contributed by atoms with Crippen LogP contribution in [-0.2, 0) is 9.78 Å². The molecule has 2 nitrogen and oxygen atoms in total. The zero-order valence-electron chi connectivity index (χ0n) is 11.0. The molecule has 0 bridgehead atoms. The molecular formula is C14H24O2. The van der Waals surface area contributed by atoms with Crippen molar-refractivity contribution in [3.8, 4) is 0 Å². The van der Waals surface area contributed by atoms with Gasteiger partial charge in [0.05, 0.1) is 5.60 Å². The summed E-state index contributed by atoms with van der Waals surface area (Å²) in [6.07, 6.45) is 3.12. The van der Waals surface area contributed by atoms with Gasteiger partial charge >= 0.3 is 0 Å². The lowest BCUT2D eigenvalue weighted by Crippen LogP contribution is -2.29. The molecule has 0 spiro atoms. The molecule has 2 heteroatoms. The molecule has 0 heterocycles. The maximum atomic E-state index is 5.50. The highest BCUT2D eigenvalue weighted by Gasteiger charge is 2.28. The molecule has 1 aliphatic carbocycles. The van der Waals surface area contributed by atoms with Crippen LogP contribution in [0, 0.1) is 5.92 Å². The molecule has 0 aromatic carbocycles. The van der Waals surface area contributed by atoms with Crippen LogP contribution in [0.1, 0.15) is 47.0 Å². The maximum absolute atomic E-state index is 5.50. The van der Waals surface area contributed by atoms with Crippen molar-refractivity contribution < 1.29 is 9.78 Å². The van der Waals surface area contributed by atoms with Gasteiger partial charge in [-0.3, -0.25) is 0 Å². The van der Waals surface area contributed by atoms with E-state index in [0.29, 0.717) is 5.92 Å². The van der Waals surface area contributed by atoms with Crippen molar-refractivity contribution in [3.05, 3.63) is 24.3 Å². The Hall–Kier alpha value is -0.600. The molecule has 0 aliphatic heterocycles. The summed E-state index contributed by atoms with van der Waals surface area (Å²) in [6, 6.07) is 0. The first-order chi connectivity index (χ1) is 7.29. The van der Waals surface area contributed by atoms with Crippen LogP contribution in [0.15, 0.2) is 24.3 Å². The summed E-state index contributed by atoms with van der Waals surface area (Å²) in [6.45, 7) is 16.1. The van der Waals surface area contributed by atoms with E-state index >= 15 is 0 Å². The Morgan fingerprint density at radius 1 is 1.38 bits per heavy atom. The largest absolute Gasteiger partial charge is 0.230 e. The van der Waals surface area contributed by atoms with Gasteiger partial charge in [-0.1, -0.05) is 18.7 Å². The molecule has 1 fully saturated rings. The molecule has 0 unspecified atom stereocenters. The van der Waals surface area contributed by atoms with Crippen molar-refractivity contribution >= 4 is 0 Å². The quantitative estimate of drug-likeness (QED) is 0.409. The summed E-state index contributed by atoms with van der Waals surface area (Å²) in [5.74, 6) is 0.541. The molecule has 1 rings (SSSR count). The molecule has 0 aromatic heterocycles. The molecule has 1 aliphatic rings. The van der Waals surface area contributed by atoms with Crippen LogP contribution < -0.4 is 0 Å². The fourth-order valence-corrected chi connectivity index (χ4v) is 1.82. The molecule has 0 saturated heterocycles. The van der Waals surface area contributed by atoms with E-state index in [1.54, 1.807) is 0 Å². The first-order valence-electron chi connectivity index (χ1n) is 5.97. The Bertz CT molecular complexity index is 273. The van der Waals surface area contributed by atoms with Crippen molar-refractivity contribution in [2.45, 2.75) is 58.7 Å². The predicted molar refractivity (Wildman–Crippen MR) is 67.0 cm³/mol. The van der Waals surface area contributed by atoms with Crippen molar-refractivity contribution in [1.29, 1.82) is 0 Å². The standard InChI is InChI=1S/C14H24O2/c1-10(2)12-8-7-11(3)13(9-12)15-16-14(4,5)6/h12-13H,1,3,7-9H2,2,4-6H3/t12-,13+/m1/s1. The SMILES string of the molecule is C=C(C)[C@@H]1CCC(=C)[C@@H](OOC(C)(C)C)C1. The summed E-state index contributed by atoms with van der Waals surface area (Å²) in [7, 11) is 0. The average molecular weight is 224 g/mol. The number of hydrogen-bond acceptors (Lipinski definition) is 2. The molecule has 0 amide bonds. The molecule has 0 aromatic rings. The van der Waals surface area contributed by atoms with E-state index in [9.17, 15) is 0 Å². The molecule has 16 heavy (non-hydrogen) atoms. The molecular weight excluding hydrogens is 200 g/mol. The molecule has 92 valence electrons. The van der Waals surface area contributed by atoms with E-state index < -0.39 is 0 Å². The fourth-order valence-electron chi connectivity index (χ4n) is 1.82. The van der Waals surface area contributed by atoms with Crippen molar-refractivity contribution in [2.75, 3.05) is 0 Å². The minimum Gasteiger partial charge on any atom is -0.230 e. The van der Waals surface area contributed by atoms with E-state index in [-0.39, 0.29) is 11.7 Å². The van der Waals surface area contributed by atoms with E-state index in [0.717, 1.165) is 24.8 Å². The smallest absolute Gasteiger partial charge is 0.114 e. The van der Waals surface area contributed by atoms with E-state index in [4.69, 9.17) is 9.78 Å². The number of hydrogen-bond donors (Lipinski definition) is 0. The normalized spacial score (nSPS) is 26.9. The van der Waals surface area contributed by atoms with Crippen LogP contribution in [0.25, 0.3) is 0 Å². The molecule has 0 N–H and O–H groups in total. The van der Waals surface area contributed by atoms with E-state index in [1.807, 2.05) is 20.8 Å². The predicted octanol–water partition coefficient (Wildman–Crippen LogP) is 4.03. The topological polar surface area (TPSA) is 18.5 Å². The highest BCUT2D eigenvalue weighted by Crippen LogP contribution is 2.33. The first kappa shape index (κ1) is 13.5. The minimum absolute atomic E-state index is 0.0228. The van der Waals surface area contributed by atoms with Crippen LogP contribution >= 0.6 is 0 Å². The van der Waals surface area contributed by atoms with Gasteiger partial charge in [-0.15, -0.1) is 0 Å². The van der Waals surface area contributed by atoms with Gasteiger partial charge in [-0.2, -0.15) is 0 Å². The Balaban J connectivity index is 2.50. The average Bonchev–Trinajstić information content (AvgIpc) is 2.14. The zero-order valence-corrected chi connectivity index (χ0v) is 11.0. The summed E-state index contributed by atoms with van der Waals surface area (Å²) in [5, 5.41) is 0. The Kier molecular flexibility index (Phi) is 4.34. The van der Waals surface area contributed by atoms with Crippen LogP contribution in [-0.4, -0.2) is 11.7 Å². The van der Waals surface area contributed by atoms with Gasteiger partial charge in [-0.25, -0.2) is 9.78 Å². The third-order valence-corrected chi connectivity index (χ3v) is 2.88. The van der Waals surface area contributed by atoms with Crippen LogP contribution in [0.4, 0.5) is 0 Å². The molecule has 2 atom stereocenters. The Morgan fingerprint density at radius 3 is 2.50 bits per heavy atom. The summed E-state index contributed by atoms with van der Waals surface area (Å²) >= 11 is 0. The summed E-state index contributed by atoms with van der Waals surface area (Å²) in [5.41, 5.74) is 2.11. The number of allylic oxidation sites excluding steroid dienone is 1. The van der Waals surface area contributed by atoms with Gasteiger partial charge < -0.3 is 0 Å². The van der Waals surface area contributed by atoms with Gasteiger partial charge in [0.2, 0.25) is 0 Å². The third-order valence-electron chi connectivity index (χ3n) is 2.88. The number of rotatable bonds is 3. The van der Waals surface area contributed by atoms with Crippen molar-refractivity contribution in [1.82, 2.24) is 0 Å². The lowest BCUT2D eigenvalue weighted by molar-refractivity contribution is -0.369. The fraction of sp³-hybridized carbons (Fsp3) is 0.714. The van der Waals surface area contributed by atoms with Crippen molar-refractivity contribution in [2.24, 2.45) is 5.92 Å².